The van der Waals surface area contributed by atoms with E-state index >= 15 is 0 Å². The maximum Gasteiger partial charge on any atom is 0.336 e. The van der Waals surface area contributed by atoms with Crippen molar-refractivity contribution < 1.29 is 24.2 Å². The highest BCUT2D eigenvalue weighted by Gasteiger charge is 2.23. The highest BCUT2D eigenvalue weighted by atomic mass is 16.5. The van der Waals surface area contributed by atoms with Crippen LogP contribution in [-0.4, -0.2) is 51.0 Å². The zero-order valence-corrected chi connectivity index (χ0v) is 21.8. The summed E-state index contributed by atoms with van der Waals surface area (Å²) < 4.78 is 12.2. The molecule has 3 rings (SSSR count). The van der Waals surface area contributed by atoms with Crippen LogP contribution in [0.5, 0.6) is 0 Å². The number of hydrogen-bond donors (Lipinski definition) is 2. The van der Waals surface area contributed by atoms with Crippen molar-refractivity contribution in [3.8, 4) is 0 Å². The van der Waals surface area contributed by atoms with Gasteiger partial charge in [-0.2, -0.15) is 0 Å². The van der Waals surface area contributed by atoms with Gasteiger partial charge in [0.15, 0.2) is 0 Å². The van der Waals surface area contributed by atoms with Crippen LogP contribution in [0.3, 0.4) is 0 Å². The lowest BCUT2D eigenvalue weighted by Crippen LogP contribution is -2.49. The molecule has 0 aromatic carbocycles. The average Bonchev–Trinajstić information content (AvgIpc) is 2.90. The molecule has 2 aliphatic rings. The fourth-order valence-corrected chi connectivity index (χ4v) is 5.30. The van der Waals surface area contributed by atoms with Crippen LogP contribution >= 0.6 is 0 Å². The smallest absolute Gasteiger partial charge is 0.336 e. The number of rotatable bonds is 12. The summed E-state index contributed by atoms with van der Waals surface area (Å²) in [6, 6.07) is 0. The normalized spacial score (nSPS) is 23.9. The predicted molar refractivity (Wildman–Crippen MR) is 135 cm³/mol. The lowest BCUT2D eigenvalue weighted by Gasteiger charge is -2.27. The van der Waals surface area contributed by atoms with Gasteiger partial charge >= 0.3 is 29.0 Å². The van der Waals surface area contributed by atoms with E-state index in [-0.39, 0.29) is 45.1 Å². The summed E-state index contributed by atoms with van der Waals surface area (Å²) in [5, 5.41) is 9.22. The Hall–Kier alpha value is -2.69. The van der Waals surface area contributed by atoms with Crippen molar-refractivity contribution in [2.45, 2.75) is 90.6 Å². The first-order valence-electron chi connectivity index (χ1n) is 13.7. The van der Waals surface area contributed by atoms with E-state index in [2.05, 4.69) is 11.9 Å². The second-order valence-corrected chi connectivity index (χ2v) is 10.6. The Kier molecular flexibility index (Phi) is 11.2. The van der Waals surface area contributed by atoms with Gasteiger partial charge in [-0.15, -0.1) is 0 Å². The number of carbonyl (C=O) groups excluding carboxylic acids is 2. The first-order valence-corrected chi connectivity index (χ1v) is 13.7. The number of nitrogens with zero attached hydrogens (tertiary/aromatic N) is 2. The maximum atomic E-state index is 12.7. The molecule has 2 aliphatic carbocycles. The van der Waals surface area contributed by atoms with Gasteiger partial charge in [-0.25, -0.2) is 23.5 Å². The van der Waals surface area contributed by atoms with Crippen molar-refractivity contribution in [3.05, 3.63) is 31.5 Å². The molecular formula is C26H41N3O8. The molecule has 1 aromatic heterocycles. The molecule has 0 radical (unpaired) electrons. The van der Waals surface area contributed by atoms with E-state index in [0.29, 0.717) is 18.4 Å². The summed E-state index contributed by atoms with van der Waals surface area (Å²) >= 11 is 0. The lowest BCUT2D eigenvalue weighted by atomic mass is 9.81. The maximum absolute atomic E-state index is 12.7. The molecule has 1 aromatic rings. The van der Waals surface area contributed by atoms with E-state index in [1.54, 1.807) is 0 Å². The van der Waals surface area contributed by atoms with Crippen LogP contribution in [0.4, 0.5) is 0 Å². The number of H-pyrrole nitrogens is 1. The number of aromatic amines is 1. The topological polar surface area (TPSA) is 150 Å². The van der Waals surface area contributed by atoms with Gasteiger partial charge in [0.2, 0.25) is 0 Å². The van der Waals surface area contributed by atoms with Crippen molar-refractivity contribution >= 4 is 11.9 Å². The van der Waals surface area contributed by atoms with Crippen molar-refractivity contribution in [2.24, 2.45) is 23.7 Å². The fraction of sp³-hybridized carbons (Fsp3) is 0.808. The highest BCUT2D eigenvalue weighted by molar-refractivity contribution is 5.69. The second kappa shape index (κ2) is 14.3. The van der Waals surface area contributed by atoms with Gasteiger partial charge in [-0.1, -0.05) is 26.2 Å². The predicted octanol–water partition coefficient (Wildman–Crippen LogP) is 1.58. The van der Waals surface area contributed by atoms with Crippen LogP contribution in [-0.2, 0) is 32.2 Å². The standard InChI is InChI=1S/C26H41N3O8/c1-2-18-3-7-20(8-4-18)16-36-22(31)11-13-28-24(33)27-25(34)29(26(28)35)14-12-23(32)37-17-21-9-5-19(15-30)6-10-21/h18-21,30H,2-17H2,1H3,(H,27,33,34). The molecule has 11 nitrogen and oxygen atoms in total. The molecule has 0 spiro atoms. The molecule has 0 unspecified atom stereocenters. The Balaban J connectivity index is 1.45. The summed E-state index contributed by atoms with van der Waals surface area (Å²) in [6.07, 6.45) is 8.71. The van der Waals surface area contributed by atoms with Gasteiger partial charge in [-0.3, -0.25) is 14.6 Å². The highest BCUT2D eigenvalue weighted by Crippen LogP contribution is 2.31. The number of nitrogens with one attached hydrogen (secondary N) is 1. The van der Waals surface area contributed by atoms with Crippen molar-refractivity contribution in [2.75, 3.05) is 19.8 Å². The largest absolute Gasteiger partial charge is 0.465 e. The van der Waals surface area contributed by atoms with Crippen LogP contribution in [0.2, 0.25) is 0 Å². The Morgan fingerprint density at radius 1 is 0.757 bits per heavy atom. The lowest BCUT2D eigenvalue weighted by molar-refractivity contribution is -0.146. The van der Waals surface area contributed by atoms with Gasteiger partial charge in [0.1, 0.15) is 0 Å². The van der Waals surface area contributed by atoms with E-state index in [9.17, 15) is 29.1 Å². The Morgan fingerprint density at radius 3 is 1.57 bits per heavy atom. The number of esters is 2. The molecule has 0 bridgehead atoms. The minimum Gasteiger partial charge on any atom is -0.465 e. The summed E-state index contributed by atoms with van der Waals surface area (Å²) in [4.78, 5) is 63.6. The molecule has 11 heteroatoms. The molecule has 2 saturated carbocycles. The van der Waals surface area contributed by atoms with E-state index in [1.165, 1.54) is 6.42 Å². The molecule has 0 amide bonds. The van der Waals surface area contributed by atoms with Crippen LogP contribution in [0.15, 0.2) is 14.4 Å². The first kappa shape index (κ1) is 28.9. The van der Waals surface area contributed by atoms with Crippen molar-refractivity contribution in [3.63, 3.8) is 0 Å². The molecule has 0 aliphatic heterocycles. The summed E-state index contributed by atoms with van der Waals surface area (Å²) in [7, 11) is 0. The number of aliphatic hydroxyl groups is 1. The van der Waals surface area contributed by atoms with Crippen molar-refractivity contribution in [1.29, 1.82) is 0 Å². The van der Waals surface area contributed by atoms with Crippen molar-refractivity contribution in [1.82, 2.24) is 14.1 Å². The van der Waals surface area contributed by atoms with Gasteiger partial charge in [0, 0.05) is 19.7 Å². The minimum atomic E-state index is -0.911. The van der Waals surface area contributed by atoms with E-state index in [0.717, 1.165) is 66.4 Å². The SMILES string of the molecule is CCC1CCC(COC(=O)CCn2c(=O)[nH]c(=O)n(CCC(=O)OCC3CCC(CO)CC3)c2=O)CC1. The number of aromatic nitrogens is 3. The quantitative estimate of drug-likeness (QED) is 0.392. The first-order chi connectivity index (χ1) is 17.8. The number of ether oxygens (including phenoxy) is 2. The van der Waals surface area contributed by atoms with Crippen LogP contribution < -0.4 is 17.1 Å². The number of aliphatic hydroxyl groups excluding tert-OH is 1. The summed E-state index contributed by atoms with van der Waals surface area (Å²) in [6.45, 7) is 2.51. The third-order valence-electron chi connectivity index (χ3n) is 7.97. The Bertz CT molecular complexity index is 980. The van der Waals surface area contributed by atoms with E-state index in [4.69, 9.17) is 9.47 Å². The van der Waals surface area contributed by atoms with Gasteiger partial charge in [0.05, 0.1) is 26.1 Å². The zero-order chi connectivity index (χ0) is 26.8. The third kappa shape index (κ3) is 8.69. The monoisotopic (exact) mass is 523 g/mol. The Labute approximate surface area is 216 Å². The van der Waals surface area contributed by atoms with Gasteiger partial charge in [0.25, 0.3) is 0 Å². The van der Waals surface area contributed by atoms with E-state index in [1.807, 2.05) is 0 Å². The van der Waals surface area contributed by atoms with Gasteiger partial charge in [-0.05, 0) is 62.2 Å². The molecule has 2 N–H and O–H groups in total. The van der Waals surface area contributed by atoms with Crippen LogP contribution in [0.1, 0.15) is 77.6 Å². The molecule has 0 saturated heterocycles. The van der Waals surface area contributed by atoms with Crippen LogP contribution in [0, 0.1) is 23.7 Å². The van der Waals surface area contributed by atoms with Gasteiger partial charge < -0.3 is 14.6 Å². The Morgan fingerprint density at radius 2 is 1.16 bits per heavy atom. The molecule has 208 valence electrons. The second-order valence-electron chi connectivity index (χ2n) is 10.6. The fourth-order valence-electron chi connectivity index (χ4n) is 5.30. The van der Waals surface area contributed by atoms with Crippen LogP contribution in [0.25, 0.3) is 0 Å². The molecule has 2 fully saturated rings. The van der Waals surface area contributed by atoms with E-state index < -0.39 is 29.0 Å². The molecule has 0 atom stereocenters. The zero-order valence-electron chi connectivity index (χ0n) is 21.8. The molecule has 37 heavy (non-hydrogen) atoms. The molecular weight excluding hydrogens is 482 g/mol. The minimum absolute atomic E-state index is 0.175. The average molecular weight is 524 g/mol. The molecule has 1 heterocycles. The summed E-state index contributed by atoms with van der Waals surface area (Å²) in [5.74, 6) is 0.610. The third-order valence-corrected chi connectivity index (χ3v) is 7.97. The summed E-state index contributed by atoms with van der Waals surface area (Å²) in [5.41, 5.74) is -2.70. The number of carbonyl (C=O) groups is 2. The number of hydrogen-bond acceptors (Lipinski definition) is 8.